The Balaban J connectivity index is 1.62. The molecular formula is C22H27N5O3S2. The molecule has 1 amide bonds. The maximum atomic E-state index is 12.5. The summed E-state index contributed by atoms with van der Waals surface area (Å²) in [7, 11) is -0.144. The number of nitrogens with zero attached hydrogens (tertiary/aromatic N) is 4. The molecule has 0 fully saturated rings. The molecule has 0 spiro atoms. The molecule has 1 aromatic heterocycles. The largest absolute Gasteiger partial charge is 0.325 e. The maximum Gasteiger partial charge on any atom is 0.243 e. The first-order valence-electron chi connectivity index (χ1n) is 10.1. The van der Waals surface area contributed by atoms with Crippen LogP contribution in [-0.4, -0.2) is 52.2 Å². The van der Waals surface area contributed by atoms with Crippen molar-refractivity contribution in [2.24, 2.45) is 7.05 Å². The van der Waals surface area contributed by atoms with E-state index in [4.69, 9.17) is 0 Å². The highest BCUT2D eigenvalue weighted by atomic mass is 32.2. The van der Waals surface area contributed by atoms with Crippen LogP contribution >= 0.6 is 11.8 Å². The molecule has 1 N–H and O–H groups in total. The number of aromatic nitrogens is 3. The third kappa shape index (κ3) is 5.20. The Morgan fingerprint density at radius 3 is 2.41 bits per heavy atom. The monoisotopic (exact) mass is 473 g/mol. The van der Waals surface area contributed by atoms with Crippen molar-refractivity contribution in [3.8, 4) is 11.4 Å². The molecule has 1 heterocycles. The predicted octanol–water partition coefficient (Wildman–Crippen LogP) is 3.55. The number of carbonyl (C=O) groups excluding carboxylic acids is 1. The van der Waals surface area contributed by atoms with Gasteiger partial charge in [-0.3, -0.25) is 4.79 Å². The predicted molar refractivity (Wildman–Crippen MR) is 127 cm³/mol. The first kappa shape index (κ1) is 24.0. The minimum atomic E-state index is -3.56. The molecule has 32 heavy (non-hydrogen) atoms. The molecule has 0 radical (unpaired) electrons. The molecule has 10 heteroatoms. The molecule has 170 valence electrons. The first-order valence-corrected chi connectivity index (χ1v) is 12.5. The van der Waals surface area contributed by atoms with Crippen molar-refractivity contribution >= 4 is 33.4 Å². The molecule has 0 aliphatic carbocycles. The Morgan fingerprint density at radius 2 is 1.78 bits per heavy atom. The number of benzene rings is 2. The van der Waals surface area contributed by atoms with Crippen molar-refractivity contribution in [3.05, 3.63) is 54.1 Å². The second kappa shape index (κ2) is 9.85. The number of sulfonamides is 1. The molecule has 0 unspecified atom stereocenters. The van der Waals surface area contributed by atoms with Gasteiger partial charge in [0.05, 0.1) is 10.6 Å². The van der Waals surface area contributed by atoms with Gasteiger partial charge in [-0.25, -0.2) is 8.42 Å². The number of hydrogen-bond acceptors (Lipinski definition) is 6. The van der Waals surface area contributed by atoms with E-state index in [0.717, 1.165) is 17.0 Å². The number of anilines is 1. The van der Waals surface area contributed by atoms with Crippen molar-refractivity contribution in [3.63, 3.8) is 0 Å². The van der Waals surface area contributed by atoms with Gasteiger partial charge in [-0.2, -0.15) is 4.31 Å². The van der Waals surface area contributed by atoms with Crippen molar-refractivity contribution in [2.75, 3.05) is 18.1 Å². The number of carbonyl (C=O) groups is 1. The lowest BCUT2D eigenvalue weighted by molar-refractivity contribution is -0.113. The summed E-state index contributed by atoms with van der Waals surface area (Å²) in [5, 5.41) is 11.9. The van der Waals surface area contributed by atoms with Crippen molar-refractivity contribution in [1.29, 1.82) is 0 Å². The summed E-state index contributed by atoms with van der Waals surface area (Å²) in [6, 6.07) is 13.9. The molecule has 3 rings (SSSR count). The van der Waals surface area contributed by atoms with E-state index in [1.54, 1.807) is 19.2 Å². The molecule has 0 bridgehead atoms. The molecule has 0 saturated carbocycles. The Bertz CT molecular complexity index is 1200. The van der Waals surface area contributed by atoms with E-state index in [0.29, 0.717) is 10.8 Å². The van der Waals surface area contributed by atoms with Crippen LogP contribution in [0, 0.1) is 6.92 Å². The van der Waals surface area contributed by atoms with E-state index in [1.807, 2.05) is 56.7 Å². The molecule has 0 atom stereocenters. The fourth-order valence-electron chi connectivity index (χ4n) is 2.98. The van der Waals surface area contributed by atoms with E-state index in [1.165, 1.54) is 28.2 Å². The minimum absolute atomic E-state index is 0.149. The zero-order valence-electron chi connectivity index (χ0n) is 18.7. The lowest BCUT2D eigenvalue weighted by atomic mass is 10.1. The van der Waals surface area contributed by atoms with Crippen LogP contribution < -0.4 is 5.32 Å². The van der Waals surface area contributed by atoms with Crippen LogP contribution in [0.25, 0.3) is 11.4 Å². The highest BCUT2D eigenvalue weighted by Gasteiger charge is 2.23. The van der Waals surface area contributed by atoms with Crippen molar-refractivity contribution in [2.45, 2.75) is 36.9 Å². The van der Waals surface area contributed by atoms with Gasteiger partial charge in [-0.1, -0.05) is 36.0 Å². The topological polar surface area (TPSA) is 97.2 Å². The number of aryl methyl sites for hydroxylation is 1. The fraction of sp³-hybridized carbons (Fsp3) is 0.318. The van der Waals surface area contributed by atoms with Gasteiger partial charge >= 0.3 is 0 Å². The fourth-order valence-corrected chi connectivity index (χ4v) is 5.06. The van der Waals surface area contributed by atoms with Crippen LogP contribution in [0.15, 0.2) is 58.6 Å². The number of amides is 1. The Labute approximate surface area is 193 Å². The van der Waals surface area contributed by atoms with Gasteiger partial charge < -0.3 is 9.88 Å². The number of thioether (sulfide) groups is 1. The first-order chi connectivity index (χ1) is 15.1. The summed E-state index contributed by atoms with van der Waals surface area (Å²) in [6.07, 6.45) is 0. The summed E-state index contributed by atoms with van der Waals surface area (Å²) in [5.41, 5.74) is 2.62. The van der Waals surface area contributed by atoms with Crippen LogP contribution in [-0.2, 0) is 21.9 Å². The SMILES string of the molecule is Cc1ccccc1-c1nnc(SCC(=O)Nc2ccc(S(=O)(=O)N(C)C(C)C)cc2)n1C. The van der Waals surface area contributed by atoms with Gasteiger partial charge in [0.15, 0.2) is 11.0 Å². The van der Waals surface area contributed by atoms with E-state index in [-0.39, 0.29) is 22.6 Å². The van der Waals surface area contributed by atoms with Gasteiger partial charge in [0.1, 0.15) is 0 Å². The standard InChI is InChI=1S/C22H27N5O3S2/c1-15(2)27(5)32(29,30)18-12-10-17(11-13-18)23-20(28)14-31-22-25-24-21(26(22)4)19-9-7-6-8-16(19)3/h6-13,15H,14H2,1-5H3,(H,23,28). The van der Waals surface area contributed by atoms with E-state index in [2.05, 4.69) is 15.5 Å². The molecule has 0 saturated heterocycles. The zero-order valence-corrected chi connectivity index (χ0v) is 20.4. The number of rotatable bonds is 8. The van der Waals surface area contributed by atoms with Crippen LogP contribution in [0.4, 0.5) is 5.69 Å². The van der Waals surface area contributed by atoms with Crippen molar-refractivity contribution < 1.29 is 13.2 Å². The van der Waals surface area contributed by atoms with Crippen LogP contribution in [0.5, 0.6) is 0 Å². The van der Waals surface area contributed by atoms with E-state index < -0.39 is 10.0 Å². The third-order valence-electron chi connectivity index (χ3n) is 5.10. The van der Waals surface area contributed by atoms with Crippen LogP contribution in [0.3, 0.4) is 0 Å². The van der Waals surface area contributed by atoms with Gasteiger partial charge in [0.25, 0.3) is 0 Å². The average molecular weight is 474 g/mol. The lowest BCUT2D eigenvalue weighted by Gasteiger charge is -2.21. The highest BCUT2D eigenvalue weighted by molar-refractivity contribution is 7.99. The van der Waals surface area contributed by atoms with Crippen molar-refractivity contribution in [1.82, 2.24) is 19.1 Å². The van der Waals surface area contributed by atoms with Gasteiger partial charge in [0, 0.05) is 31.4 Å². The summed E-state index contributed by atoms with van der Waals surface area (Å²) in [5.74, 6) is 0.676. The van der Waals surface area contributed by atoms with Gasteiger partial charge in [-0.05, 0) is 50.6 Å². The van der Waals surface area contributed by atoms with Gasteiger partial charge in [-0.15, -0.1) is 10.2 Å². The van der Waals surface area contributed by atoms with E-state index in [9.17, 15) is 13.2 Å². The zero-order chi connectivity index (χ0) is 23.5. The molecule has 3 aromatic rings. The summed E-state index contributed by atoms with van der Waals surface area (Å²) in [4.78, 5) is 12.6. The number of nitrogens with one attached hydrogen (secondary N) is 1. The number of hydrogen-bond donors (Lipinski definition) is 1. The van der Waals surface area contributed by atoms with Crippen LogP contribution in [0.1, 0.15) is 19.4 Å². The minimum Gasteiger partial charge on any atom is -0.325 e. The maximum absolute atomic E-state index is 12.5. The average Bonchev–Trinajstić information content (AvgIpc) is 3.12. The Hall–Kier alpha value is -2.69. The Morgan fingerprint density at radius 1 is 1.12 bits per heavy atom. The van der Waals surface area contributed by atoms with Crippen LogP contribution in [0.2, 0.25) is 0 Å². The summed E-state index contributed by atoms with van der Waals surface area (Å²) in [6.45, 7) is 5.64. The molecule has 0 aliphatic rings. The third-order valence-corrected chi connectivity index (χ3v) is 8.16. The summed E-state index contributed by atoms with van der Waals surface area (Å²) < 4.78 is 28.3. The molecule has 8 nitrogen and oxygen atoms in total. The molecular weight excluding hydrogens is 446 g/mol. The van der Waals surface area contributed by atoms with E-state index >= 15 is 0 Å². The summed E-state index contributed by atoms with van der Waals surface area (Å²) >= 11 is 1.29. The lowest BCUT2D eigenvalue weighted by Crippen LogP contribution is -2.33. The smallest absolute Gasteiger partial charge is 0.243 e. The second-order valence-electron chi connectivity index (χ2n) is 7.66. The quantitative estimate of drug-likeness (QED) is 0.503. The Kier molecular flexibility index (Phi) is 7.37. The normalized spacial score (nSPS) is 11.8. The second-order valence-corrected chi connectivity index (χ2v) is 10.6. The van der Waals surface area contributed by atoms with Gasteiger partial charge in [0.2, 0.25) is 15.9 Å². The highest BCUT2D eigenvalue weighted by Crippen LogP contribution is 2.25. The molecule has 0 aliphatic heterocycles. The molecule has 2 aromatic carbocycles.